The molecule has 1 aromatic heterocycles. The first-order valence-electron chi connectivity index (χ1n) is 9.59. The fourth-order valence-corrected chi connectivity index (χ4v) is 3.53. The summed E-state index contributed by atoms with van der Waals surface area (Å²) in [5.74, 6) is 0.0345. The van der Waals surface area contributed by atoms with Gasteiger partial charge < -0.3 is 9.80 Å². The number of aromatic nitrogens is 2. The van der Waals surface area contributed by atoms with Crippen molar-refractivity contribution in [2.75, 3.05) is 31.1 Å². The first-order chi connectivity index (χ1) is 13.5. The van der Waals surface area contributed by atoms with Crippen LogP contribution in [0.3, 0.4) is 0 Å². The number of carbonyl (C=O) groups excluding carboxylic acids is 1. The number of amides is 1. The number of aryl methyl sites for hydroxylation is 2. The Morgan fingerprint density at radius 3 is 2.46 bits per heavy atom. The monoisotopic (exact) mass is 381 g/mol. The molecule has 1 saturated heterocycles. The predicted molar refractivity (Wildman–Crippen MR) is 105 cm³/mol. The Labute approximate surface area is 164 Å². The first-order valence-corrected chi connectivity index (χ1v) is 9.59. The van der Waals surface area contributed by atoms with Crippen molar-refractivity contribution < 1.29 is 9.18 Å². The summed E-state index contributed by atoms with van der Waals surface area (Å²) in [5, 5.41) is 18.3. The van der Waals surface area contributed by atoms with E-state index in [1.54, 1.807) is 24.0 Å². The van der Waals surface area contributed by atoms with Crippen LogP contribution in [-0.2, 0) is 12.8 Å². The molecule has 0 bridgehead atoms. The van der Waals surface area contributed by atoms with Crippen molar-refractivity contribution in [3.8, 4) is 6.07 Å². The Balaban J connectivity index is 1.76. The normalized spacial score (nSPS) is 14.1. The number of carbonyl (C=O) groups is 1. The molecule has 1 amide bonds. The van der Waals surface area contributed by atoms with Gasteiger partial charge in [-0.15, -0.1) is 5.10 Å². The number of benzene rings is 1. The number of anilines is 1. The van der Waals surface area contributed by atoms with E-state index >= 15 is 0 Å². The van der Waals surface area contributed by atoms with Crippen molar-refractivity contribution in [3.05, 3.63) is 52.0 Å². The van der Waals surface area contributed by atoms with Crippen LogP contribution in [0.4, 0.5) is 10.2 Å². The third kappa shape index (κ3) is 3.68. The first kappa shape index (κ1) is 19.7. The van der Waals surface area contributed by atoms with Gasteiger partial charge in [0.15, 0.2) is 5.82 Å². The number of hydrogen-bond donors (Lipinski definition) is 0. The second-order valence-electron chi connectivity index (χ2n) is 6.89. The maximum Gasteiger partial charge on any atom is 0.254 e. The van der Waals surface area contributed by atoms with E-state index in [1.807, 2.05) is 18.7 Å². The van der Waals surface area contributed by atoms with Crippen molar-refractivity contribution >= 4 is 11.7 Å². The summed E-state index contributed by atoms with van der Waals surface area (Å²) in [6.07, 6.45) is 1.46. The number of piperazine rings is 1. The molecule has 6 nitrogen and oxygen atoms in total. The third-order valence-electron chi connectivity index (χ3n) is 5.22. The van der Waals surface area contributed by atoms with E-state index in [9.17, 15) is 14.4 Å². The van der Waals surface area contributed by atoms with Gasteiger partial charge in [0.05, 0.1) is 5.69 Å². The zero-order chi connectivity index (χ0) is 20.3. The minimum Gasteiger partial charge on any atom is -0.350 e. The summed E-state index contributed by atoms with van der Waals surface area (Å²) < 4.78 is 13.8. The van der Waals surface area contributed by atoms with Gasteiger partial charge in [0.2, 0.25) is 0 Å². The zero-order valence-electron chi connectivity index (χ0n) is 16.5. The minimum absolute atomic E-state index is 0.180. The summed E-state index contributed by atoms with van der Waals surface area (Å²) >= 11 is 0. The lowest BCUT2D eigenvalue weighted by atomic mass is 10.0. The molecule has 0 radical (unpaired) electrons. The van der Waals surface area contributed by atoms with Gasteiger partial charge in [0, 0.05) is 31.7 Å². The van der Waals surface area contributed by atoms with Gasteiger partial charge in [-0.1, -0.05) is 19.9 Å². The van der Waals surface area contributed by atoms with Gasteiger partial charge in [-0.05, 0) is 43.0 Å². The fourth-order valence-electron chi connectivity index (χ4n) is 3.53. The lowest BCUT2D eigenvalue weighted by molar-refractivity contribution is 0.0746. The van der Waals surface area contributed by atoms with Gasteiger partial charge in [-0.2, -0.15) is 10.4 Å². The van der Waals surface area contributed by atoms with Crippen LogP contribution in [0.15, 0.2) is 18.2 Å². The molecule has 0 aliphatic carbocycles. The highest BCUT2D eigenvalue weighted by Gasteiger charge is 2.26. The van der Waals surface area contributed by atoms with Crippen molar-refractivity contribution in [2.24, 2.45) is 0 Å². The van der Waals surface area contributed by atoms with E-state index in [2.05, 4.69) is 16.3 Å². The largest absolute Gasteiger partial charge is 0.350 e. The van der Waals surface area contributed by atoms with Gasteiger partial charge in [-0.3, -0.25) is 4.79 Å². The van der Waals surface area contributed by atoms with Crippen molar-refractivity contribution in [1.29, 1.82) is 5.26 Å². The number of nitriles is 1. The smallest absolute Gasteiger partial charge is 0.254 e. The van der Waals surface area contributed by atoms with Crippen LogP contribution < -0.4 is 4.90 Å². The van der Waals surface area contributed by atoms with Crippen LogP contribution in [0.5, 0.6) is 0 Å². The highest BCUT2D eigenvalue weighted by molar-refractivity contribution is 5.94. The number of nitrogens with zero attached hydrogens (tertiary/aromatic N) is 5. The Bertz CT molecular complexity index is 929. The molecule has 28 heavy (non-hydrogen) atoms. The zero-order valence-corrected chi connectivity index (χ0v) is 16.5. The van der Waals surface area contributed by atoms with Crippen molar-refractivity contribution in [2.45, 2.75) is 33.6 Å². The maximum absolute atomic E-state index is 13.8. The summed E-state index contributed by atoms with van der Waals surface area (Å²) in [7, 11) is 0. The summed E-state index contributed by atoms with van der Waals surface area (Å²) in [6.45, 7) is 7.76. The Kier molecular flexibility index (Phi) is 5.88. The van der Waals surface area contributed by atoms with Crippen molar-refractivity contribution in [3.63, 3.8) is 0 Å². The van der Waals surface area contributed by atoms with E-state index < -0.39 is 0 Å². The highest BCUT2D eigenvalue weighted by atomic mass is 19.1. The molecule has 2 heterocycles. The van der Waals surface area contributed by atoms with Gasteiger partial charge in [0.25, 0.3) is 5.91 Å². The van der Waals surface area contributed by atoms with E-state index in [0.29, 0.717) is 48.7 Å². The summed E-state index contributed by atoms with van der Waals surface area (Å²) in [5.41, 5.74) is 3.26. The Hall–Kier alpha value is -3.01. The average Bonchev–Trinajstić information content (AvgIpc) is 2.74. The second kappa shape index (κ2) is 8.34. The Morgan fingerprint density at radius 1 is 1.18 bits per heavy atom. The van der Waals surface area contributed by atoms with E-state index in [-0.39, 0.29) is 11.7 Å². The SMILES string of the molecule is CCc1nnc(N2CCN(C(=O)c3ccc(C)c(F)c3)CC2)c(C#N)c1CC. The van der Waals surface area contributed by atoms with Crippen LogP contribution >= 0.6 is 0 Å². The van der Waals surface area contributed by atoms with E-state index in [1.165, 1.54) is 6.07 Å². The quantitative estimate of drug-likeness (QED) is 0.814. The van der Waals surface area contributed by atoms with Crippen LogP contribution in [0, 0.1) is 24.1 Å². The molecule has 0 saturated carbocycles. The average molecular weight is 381 g/mol. The molecule has 7 heteroatoms. The van der Waals surface area contributed by atoms with Crippen LogP contribution in [-0.4, -0.2) is 47.2 Å². The highest BCUT2D eigenvalue weighted by Crippen LogP contribution is 2.24. The molecule has 146 valence electrons. The molecule has 2 aromatic rings. The molecule has 1 aromatic carbocycles. The molecule has 3 rings (SSSR count). The molecule has 0 atom stereocenters. The lowest BCUT2D eigenvalue weighted by Gasteiger charge is -2.35. The fraction of sp³-hybridized carbons (Fsp3) is 0.429. The van der Waals surface area contributed by atoms with Crippen LogP contribution in [0.1, 0.15) is 46.6 Å². The second-order valence-corrected chi connectivity index (χ2v) is 6.89. The molecular weight excluding hydrogens is 357 g/mol. The van der Waals surface area contributed by atoms with Crippen LogP contribution in [0.2, 0.25) is 0 Å². The number of rotatable bonds is 4. The molecule has 0 N–H and O–H groups in total. The molecule has 1 fully saturated rings. The van der Waals surface area contributed by atoms with Crippen molar-refractivity contribution in [1.82, 2.24) is 15.1 Å². The van der Waals surface area contributed by atoms with E-state index in [0.717, 1.165) is 24.1 Å². The number of halogens is 1. The Morgan fingerprint density at radius 2 is 1.89 bits per heavy atom. The molecule has 1 aliphatic rings. The molecule has 1 aliphatic heterocycles. The standard InChI is InChI=1S/C21H24FN5O/c1-4-16-17(13-23)20(25-24-19(16)5-2)26-8-10-27(11-9-26)21(28)15-7-6-14(3)18(22)12-15/h6-7,12H,4-5,8-11H2,1-3H3. The third-order valence-corrected chi connectivity index (χ3v) is 5.22. The van der Waals surface area contributed by atoms with Crippen LogP contribution in [0.25, 0.3) is 0 Å². The minimum atomic E-state index is -0.374. The van der Waals surface area contributed by atoms with Gasteiger partial charge in [0.1, 0.15) is 17.4 Å². The lowest BCUT2D eigenvalue weighted by Crippen LogP contribution is -2.49. The van der Waals surface area contributed by atoms with E-state index in [4.69, 9.17) is 0 Å². The maximum atomic E-state index is 13.8. The molecular formula is C21H24FN5O. The van der Waals surface area contributed by atoms with Gasteiger partial charge >= 0.3 is 0 Å². The topological polar surface area (TPSA) is 73.1 Å². The van der Waals surface area contributed by atoms with Gasteiger partial charge in [-0.25, -0.2) is 4.39 Å². The summed E-state index contributed by atoms with van der Waals surface area (Å²) in [4.78, 5) is 16.4. The molecule has 0 unspecified atom stereocenters. The summed E-state index contributed by atoms with van der Waals surface area (Å²) in [6, 6.07) is 6.86. The molecule has 0 spiro atoms. The number of hydrogen-bond acceptors (Lipinski definition) is 5. The predicted octanol–water partition coefficient (Wildman–Crippen LogP) is 2.88.